The fourth-order valence-corrected chi connectivity index (χ4v) is 8.25. The number of imidazole rings is 1. The van der Waals surface area contributed by atoms with Crippen LogP contribution >= 0.6 is 35.2 Å². The highest BCUT2D eigenvalue weighted by Gasteiger charge is 2.47. The van der Waals surface area contributed by atoms with Crippen molar-refractivity contribution < 1.29 is 80.5 Å². The summed E-state index contributed by atoms with van der Waals surface area (Å²) in [6.45, 7) is 3.97. The lowest BCUT2D eigenvalue weighted by Crippen LogP contribution is -2.46. The van der Waals surface area contributed by atoms with E-state index in [0.717, 1.165) is 34.6 Å². The average Bonchev–Trinajstić information content (AvgIpc) is 3.64. The highest BCUT2D eigenvalue weighted by atomic mass is 32.2. The van der Waals surface area contributed by atoms with Crippen LogP contribution in [0.4, 0.5) is 5.82 Å². The molecule has 0 radical (unpaired) electrons. The van der Waals surface area contributed by atoms with E-state index in [1.54, 1.807) is 0 Å². The van der Waals surface area contributed by atoms with E-state index >= 15 is 0 Å². The minimum atomic E-state index is -5.91. The summed E-state index contributed by atoms with van der Waals surface area (Å²) in [5.74, 6) is -1.19. The number of rotatable bonds is 22. The summed E-state index contributed by atoms with van der Waals surface area (Å²) >= 11 is 1.08. The van der Waals surface area contributed by atoms with Crippen LogP contribution in [0.1, 0.15) is 53.2 Å². The number of phosphoric ester groups is 3. The van der Waals surface area contributed by atoms with Crippen molar-refractivity contribution in [3.63, 3.8) is 0 Å². The van der Waals surface area contributed by atoms with E-state index < -0.39 is 84.6 Å². The lowest BCUT2D eigenvalue weighted by atomic mass is 9.87. The zero-order chi connectivity index (χ0) is 42.1. The number of hydrogen-bond donors (Lipinski definition) is 5. The Bertz CT molecular complexity index is 1870. The van der Waals surface area contributed by atoms with Crippen LogP contribution in [-0.2, 0) is 50.7 Å². The van der Waals surface area contributed by atoms with Gasteiger partial charge in [-0.2, -0.15) is 0 Å². The van der Waals surface area contributed by atoms with Crippen LogP contribution in [0.25, 0.3) is 11.2 Å². The van der Waals surface area contributed by atoms with E-state index in [1.807, 2.05) is 19.9 Å². The van der Waals surface area contributed by atoms with Gasteiger partial charge in [0.1, 0.15) is 36.3 Å². The number of ether oxygens (including phenoxy) is 1. The van der Waals surface area contributed by atoms with Gasteiger partial charge in [0.2, 0.25) is 11.8 Å². The Morgan fingerprint density at radius 1 is 1.07 bits per heavy atom. The number of anilines is 1. The van der Waals surface area contributed by atoms with Gasteiger partial charge in [0.15, 0.2) is 22.8 Å². The van der Waals surface area contributed by atoms with E-state index in [-0.39, 0.29) is 41.6 Å². The molecular weight excluding hydrogens is 831 g/mol. The molecule has 1 fully saturated rings. The van der Waals surface area contributed by atoms with Crippen LogP contribution in [-0.4, -0.2) is 103 Å². The van der Waals surface area contributed by atoms with Gasteiger partial charge in [-0.1, -0.05) is 37.3 Å². The van der Waals surface area contributed by atoms with Crippen molar-refractivity contribution in [1.29, 1.82) is 0 Å². The molecule has 1 aliphatic rings. The summed E-state index contributed by atoms with van der Waals surface area (Å²) in [4.78, 5) is 95.9. The van der Waals surface area contributed by atoms with Crippen LogP contribution in [0.3, 0.4) is 0 Å². The summed E-state index contributed by atoms with van der Waals surface area (Å²) in [7, 11) is -17.6. The van der Waals surface area contributed by atoms with Crippen LogP contribution in [0.5, 0.6) is 0 Å². The van der Waals surface area contributed by atoms with E-state index in [0.29, 0.717) is 18.6 Å². The number of nitrogens with two attached hydrogens (primary N) is 1. The maximum Gasteiger partial charge on any atom is 0.274 e. The van der Waals surface area contributed by atoms with Gasteiger partial charge in [0, 0.05) is 37.1 Å². The quantitative estimate of drug-likeness (QED) is 0.0480. The van der Waals surface area contributed by atoms with Crippen LogP contribution < -0.4 is 35.9 Å². The third-order valence-electron chi connectivity index (χ3n) is 7.64. The molecule has 1 aliphatic heterocycles. The first-order chi connectivity index (χ1) is 25.9. The fraction of sp³-hybridized carbons (Fsp3) is 0.643. The number of carbonyl (C=O) groups excluding carboxylic acids is 3. The van der Waals surface area contributed by atoms with Gasteiger partial charge in [0.25, 0.3) is 15.6 Å². The number of aromatic nitrogens is 4. The number of hydrogen-bond acceptors (Lipinski definition) is 22. The molecule has 0 spiro atoms. The van der Waals surface area contributed by atoms with Gasteiger partial charge in [-0.3, -0.25) is 28.1 Å². The Hall–Kier alpha value is -2.70. The normalized spacial score (nSPS) is 21.5. The molecule has 7 atom stereocenters. The monoisotopic (exact) mass is 873 g/mol. The van der Waals surface area contributed by atoms with Crippen molar-refractivity contribution >= 4 is 69.1 Å². The smallest absolute Gasteiger partial charge is 0.274 e. The molecule has 0 saturated carbocycles. The molecule has 0 aliphatic carbocycles. The Labute approximate surface area is 324 Å². The summed E-state index contributed by atoms with van der Waals surface area (Å²) in [5, 5.41) is 26.2. The Morgan fingerprint density at radius 2 is 1.75 bits per heavy atom. The molecular formula is C28H42N7O17P3S-4. The first kappa shape index (κ1) is 47.7. The number of allylic oxidation sites excluding steroid dienone is 2. The van der Waals surface area contributed by atoms with Crippen molar-refractivity contribution in [2.45, 2.75) is 77.6 Å². The molecule has 2 aromatic rings. The Kier molecular flexibility index (Phi) is 17.3. The highest BCUT2D eigenvalue weighted by molar-refractivity contribution is 8.13. The predicted molar refractivity (Wildman–Crippen MR) is 187 cm³/mol. The standard InChI is InChI=1S/C28H46N7O17P3S/c1-16(2)6-5-7-19(37)56-11-10-30-18(36)8-9-31-26(40)23(39)28(3,4)13-49-55(46,47)52-54(44,45)48-12-17-22(51-53(41,42)43)21(38)27(50-17)35-15-34-20-24(29)32-14-33-25(20)35/h6,14-15,17,21-23,27,38-39H,5,7-13H2,1-4H3,(H,30,36)(H,31,40)(H,44,45)(H,46,47)(H2,29,32,33)(H2,41,42,43)/p-4/t17-,21-,22-,23+,27-/m1/s1. The Balaban J connectivity index is 1.48. The van der Waals surface area contributed by atoms with Crippen LogP contribution in [0.2, 0.25) is 0 Å². The zero-order valence-corrected chi connectivity index (χ0v) is 33.9. The molecule has 6 N–H and O–H groups in total. The van der Waals surface area contributed by atoms with Gasteiger partial charge in [-0.15, -0.1) is 0 Å². The topological polar surface area (TPSA) is 375 Å². The maximum atomic E-state index is 12.5. The van der Waals surface area contributed by atoms with Crippen molar-refractivity contribution in [3.8, 4) is 0 Å². The molecule has 2 amide bonds. The molecule has 0 bridgehead atoms. The van der Waals surface area contributed by atoms with Crippen LogP contribution in [0, 0.1) is 5.41 Å². The third-order valence-corrected chi connectivity index (χ3v) is 11.6. The first-order valence-electron chi connectivity index (χ1n) is 16.5. The molecule has 3 heterocycles. The van der Waals surface area contributed by atoms with E-state index in [1.165, 1.54) is 13.8 Å². The molecule has 24 nitrogen and oxygen atoms in total. The average molecular weight is 874 g/mol. The van der Waals surface area contributed by atoms with Gasteiger partial charge in [-0.05, 0) is 20.3 Å². The molecule has 316 valence electrons. The molecule has 2 aromatic heterocycles. The molecule has 28 heteroatoms. The van der Waals surface area contributed by atoms with Gasteiger partial charge in [-0.25, -0.2) is 19.3 Å². The van der Waals surface area contributed by atoms with Crippen molar-refractivity contribution in [1.82, 2.24) is 30.2 Å². The number of aliphatic hydroxyl groups is 2. The van der Waals surface area contributed by atoms with Gasteiger partial charge in [0.05, 0.1) is 27.4 Å². The predicted octanol–water partition coefficient (Wildman–Crippen LogP) is -2.12. The van der Waals surface area contributed by atoms with Crippen molar-refractivity contribution in [2.75, 3.05) is 37.8 Å². The highest BCUT2D eigenvalue weighted by Crippen LogP contribution is 2.56. The second-order valence-corrected chi connectivity index (χ2v) is 18.2. The van der Waals surface area contributed by atoms with Crippen LogP contribution in [0.15, 0.2) is 24.3 Å². The number of carbonyl (C=O) groups is 3. The number of phosphoric acid groups is 3. The number of thioether (sulfide) groups is 1. The van der Waals surface area contributed by atoms with Gasteiger partial charge >= 0.3 is 0 Å². The number of nitrogens with one attached hydrogen (secondary N) is 2. The first-order valence-corrected chi connectivity index (χ1v) is 21.9. The maximum absolute atomic E-state index is 12.5. The summed E-state index contributed by atoms with van der Waals surface area (Å²) < 4.78 is 60.5. The van der Waals surface area contributed by atoms with Gasteiger partial charge < -0.3 is 69.0 Å². The SMILES string of the molecule is CC(C)=CCCC(=O)SCCNC(=O)CCNC(=O)[C@H](O)C(C)(C)COP(=O)([O-])OP(=O)([O-])OC[C@H]1O[C@@H](n2cnc3c(N)ncnc32)[C@H](O)[C@@H]1OP(=O)([O-])[O-]. The molecule has 2 unspecified atom stereocenters. The lowest BCUT2D eigenvalue weighted by molar-refractivity contribution is -0.347. The molecule has 3 rings (SSSR count). The van der Waals surface area contributed by atoms with Crippen molar-refractivity contribution in [3.05, 3.63) is 24.3 Å². The number of aliphatic hydroxyl groups excluding tert-OH is 2. The third kappa shape index (κ3) is 14.9. The van der Waals surface area contributed by atoms with E-state index in [2.05, 4.69) is 43.5 Å². The summed E-state index contributed by atoms with van der Waals surface area (Å²) in [5.41, 5.74) is 5.18. The molecule has 1 saturated heterocycles. The Morgan fingerprint density at radius 3 is 2.41 bits per heavy atom. The largest absolute Gasteiger partial charge is 0.790 e. The minimum absolute atomic E-state index is 0.0163. The number of nitrogen functional groups attached to an aromatic ring is 1. The molecule has 56 heavy (non-hydrogen) atoms. The zero-order valence-electron chi connectivity index (χ0n) is 30.4. The van der Waals surface area contributed by atoms with Crippen molar-refractivity contribution in [2.24, 2.45) is 5.41 Å². The lowest BCUT2D eigenvalue weighted by Gasteiger charge is -2.36. The second-order valence-electron chi connectivity index (χ2n) is 13.0. The minimum Gasteiger partial charge on any atom is -0.790 e. The summed E-state index contributed by atoms with van der Waals surface area (Å²) in [6, 6.07) is 0. The fourth-order valence-electron chi connectivity index (χ4n) is 4.82. The summed E-state index contributed by atoms with van der Waals surface area (Å²) in [6.07, 6.45) is -4.63. The van der Waals surface area contributed by atoms with E-state index in [9.17, 15) is 57.9 Å². The molecule has 0 aromatic carbocycles. The number of nitrogens with zero attached hydrogens (tertiary/aromatic N) is 4. The number of amides is 2. The number of fused-ring (bicyclic) bond motifs is 1. The second kappa shape index (κ2) is 20.3. The van der Waals surface area contributed by atoms with E-state index in [4.69, 9.17) is 10.5 Å².